The van der Waals surface area contributed by atoms with Crippen LogP contribution >= 0.6 is 0 Å². The molecule has 11 nitrogen and oxygen atoms in total. The molecule has 1 amide bonds. The summed E-state index contributed by atoms with van der Waals surface area (Å²) in [4.78, 5) is 23.2. The number of halogens is 1. The van der Waals surface area contributed by atoms with Gasteiger partial charge in [0, 0.05) is 44.1 Å². The number of rotatable bonds is 29. The number of ether oxygens (including phenoxy) is 5. The van der Waals surface area contributed by atoms with E-state index >= 15 is 4.79 Å². The van der Waals surface area contributed by atoms with Gasteiger partial charge in [0.05, 0.1) is 31.5 Å². The number of carbonyl (C=O) groups is 1. The van der Waals surface area contributed by atoms with E-state index in [1.807, 2.05) is 24.3 Å². The van der Waals surface area contributed by atoms with Crippen molar-refractivity contribution in [2.24, 2.45) is 22.9 Å². The van der Waals surface area contributed by atoms with Crippen molar-refractivity contribution in [1.29, 1.82) is 0 Å². The molecule has 0 bridgehead atoms. The number of carbonyl (C=O) groups excluding carboxylic acids is 1. The van der Waals surface area contributed by atoms with Crippen LogP contribution in [0.5, 0.6) is 17.2 Å². The monoisotopic (exact) mass is 995 g/mol. The van der Waals surface area contributed by atoms with E-state index in [0.717, 1.165) is 86.7 Å². The number of unbranched alkanes of at least 4 members (excludes halogenated alkanes) is 11. The molecule has 0 aromatic heterocycles. The molecule has 12 heteroatoms. The van der Waals surface area contributed by atoms with E-state index in [-0.39, 0.29) is 63.0 Å². The highest BCUT2D eigenvalue weighted by molar-refractivity contribution is 6.03. The van der Waals surface area contributed by atoms with Gasteiger partial charge in [-0.2, -0.15) is 0 Å². The molecule has 7 atom stereocenters. The summed E-state index contributed by atoms with van der Waals surface area (Å²) in [5, 5.41) is 25.2. The van der Waals surface area contributed by atoms with Crippen molar-refractivity contribution in [3.63, 3.8) is 0 Å². The fraction of sp³-hybridized carbons (Fsp3) is 0.600. The molecule has 2 aliphatic carbocycles. The van der Waals surface area contributed by atoms with E-state index in [2.05, 4.69) is 45.6 Å². The van der Waals surface area contributed by atoms with E-state index in [1.54, 1.807) is 23.1 Å². The van der Waals surface area contributed by atoms with Crippen LogP contribution in [0.15, 0.2) is 90.1 Å². The van der Waals surface area contributed by atoms with Gasteiger partial charge in [-0.1, -0.05) is 113 Å². The minimum Gasteiger partial charge on any atom is -0.459 e. The van der Waals surface area contributed by atoms with Crippen LogP contribution in [0, 0.1) is 37.4 Å². The molecule has 2 aliphatic heterocycles. The van der Waals surface area contributed by atoms with Crippen LogP contribution in [0.25, 0.3) is 0 Å². The predicted octanol–water partition coefficient (Wildman–Crippen LogP) is 14.0. The fourth-order valence-corrected chi connectivity index (χ4v) is 11.5. The van der Waals surface area contributed by atoms with Crippen LogP contribution in [-0.2, 0) is 25.6 Å². The van der Waals surface area contributed by atoms with Crippen LogP contribution in [0.3, 0.4) is 0 Å². The van der Waals surface area contributed by atoms with Crippen LogP contribution in [0.2, 0.25) is 0 Å². The second-order valence-corrected chi connectivity index (χ2v) is 20.6. The number of aryl methyl sites for hydroxylation is 2. The minimum absolute atomic E-state index is 0.0201. The summed E-state index contributed by atoms with van der Waals surface area (Å²) in [7, 11) is 0. The number of nitrogens with zero attached hydrogens (tertiary/aromatic N) is 2. The summed E-state index contributed by atoms with van der Waals surface area (Å²) < 4.78 is 48.2. The third-order valence-corrected chi connectivity index (χ3v) is 15.4. The first-order valence-electron chi connectivity index (χ1n) is 27.5. The molecule has 1 saturated carbocycles. The lowest BCUT2D eigenvalue weighted by Gasteiger charge is -2.60. The minimum atomic E-state index is -1.50. The number of hydrogen-bond donors (Lipinski definition) is 2. The zero-order valence-corrected chi connectivity index (χ0v) is 43.5. The van der Waals surface area contributed by atoms with Gasteiger partial charge in [0.15, 0.2) is 0 Å². The van der Waals surface area contributed by atoms with Gasteiger partial charge >= 0.3 is 6.09 Å². The Morgan fingerprint density at radius 2 is 1.57 bits per heavy atom. The second-order valence-electron chi connectivity index (χ2n) is 20.6. The van der Waals surface area contributed by atoms with Crippen LogP contribution in [0.1, 0.15) is 164 Å². The normalized spacial score (nSPS) is 23.9. The van der Waals surface area contributed by atoms with Crippen LogP contribution < -0.4 is 9.47 Å². The van der Waals surface area contributed by atoms with E-state index in [0.29, 0.717) is 48.6 Å². The van der Waals surface area contributed by atoms with Crippen molar-refractivity contribution in [2.75, 3.05) is 33.0 Å². The fourth-order valence-electron chi connectivity index (χ4n) is 11.5. The molecule has 72 heavy (non-hydrogen) atoms. The van der Waals surface area contributed by atoms with E-state index in [4.69, 9.17) is 33.7 Å². The lowest BCUT2D eigenvalue weighted by molar-refractivity contribution is -0.256. The van der Waals surface area contributed by atoms with Gasteiger partial charge in [0.1, 0.15) is 29.1 Å². The van der Waals surface area contributed by atoms with E-state index < -0.39 is 30.1 Å². The Morgan fingerprint density at radius 3 is 2.26 bits per heavy atom. The average Bonchev–Trinajstić information content (AvgIpc) is 3.39. The Morgan fingerprint density at radius 1 is 0.861 bits per heavy atom. The number of oxime groups is 1. The van der Waals surface area contributed by atoms with Crippen molar-refractivity contribution in [2.45, 2.75) is 180 Å². The maximum atomic E-state index is 15.1. The maximum absolute atomic E-state index is 15.1. The average molecular weight is 995 g/mol. The Balaban J connectivity index is 1.34. The zero-order valence-electron chi connectivity index (χ0n) is 43.5. The number of allylic oxidation sites excluding steroid dienone is 1. The van der Waals surface area contributed by atoms with Gasteiger partial charge in [-0.15, -0.1) is 6.58 Å². The number of hydrogen-bond acceptors (Lipinski definition) is 10. The molecule has 3 aromatic rings. The van der Waals surface area contributed by atoms with Crippen molar-refractivity contribution >= 4 is 11.8 Å². The molecule has 0 spiro atoms. The highest BCUT2D eigenvalue weighted by Crippen LogP contribution is 2.62. The van der Waals surface area contributed by atoms with Crippen LogP contribution in [0.4, 0.5) is 9.18 Å². The van der Waals surface area contributed by atoms with Gasteiger partial charge in [-0.05, 0) is 135 Å². The summed E-state index contributed by atoms with van der Waals surface area (Å²) in [5.74, 6) is -0.589. The topological polar surface area (TPSA) is 129 Å². The van der Waals surface area contributed by atoms with Crippen LogP contribution in [-0.4, -0.2) is 78.1 Å². The highest BCUT2D eigenvalue weighted by Gasteiger charge is 2.66. The van der Waals surface area contributed by atoms with E-state index in [9.17, 15) is 14.6 Å². The molecule has 2 fully saturated rings. The summed E-state index contributed by atoms with van der Waals surface area (Å²) in [5.41, 5.74) is 5.57. The smallest absolute Gasteiger partial charge is 0.410 e. The number of amides is 1. The Bertz CT molecular complexity index is 2230. The Kier molecular flexibility index (Phi) is 21.4. The maximum Gasteiger partial charge on any atom is 0.410 e. The third kappa shape index (κ3) is 14.3. The summed E-state index contributed by atoms with van der Waals surface area (Å²) in [6.45, 7) is 11.7. The summed E-state index contributed by atoms with van der Waals surface area (Å²) >= 11 is 0. The summed E-state index contributed by atoms with van der Waals surface area (Å²) in [6, 6.07) is 17.5. The molecule has 0 radical (unpaired) electrons. The third-order valence-electron chi connectivity index (χ3n) is 15.4. The molecule has 7 rings (SSSR count). The molecular weight excluding hydrogens is 912 g/mol. The largest absolute Gasteiger partial charge is 0.459 e. The lowest BCUT2D eigenvalue weighted by atomic mass is 9.55. The molecule has 1 saturated heterocycles. The second kappa shape index (κ2) is 28.1. The Labute approximate surface area is 429 Å². The quantitative estimate of drug-likeness (QED) is 0.0397. The van der Waals surface area contributed by atoms with Crippen molar-refractivity contribution in [3.8, 4) is 17.2 Å². The van der Waals surface area contributed by atoms with Gasteiger partial charge in [-0.25, -0.2) is 9.18 Å². The number of aliphatic hydroxyl groups excluding tert-OH is 2. The molecule has 2 N–H and O–H groups in total. The van der Waals surface area contributed by atoms with Gasteiger partial charge in [0.25, 0.3) is 0 Å². The Hall–Kier alpha value is -4.75. The summed E-state index contributed by atoms with van der Waals surface area (Å²) in [6.07, 6.45) is 21.9. The SMILES string of the molecule is C=CCO[C@@]12Oc3ccc(Oc4ccc(C)c(C)c4)cc3[C@H]3[C@H](CCCCO)[C@@H](CCCCO)C=C(C(=NOC4CCCCO4)C[C@@H]1N(Cc1ccc(F)cc1)C(=O)OCCCCCCCCCCCC)[C@H]32. The zero-order chi connectivity index (χ0) is 50.7. The standard InChI is InChI=1S/C60H83FN2O9/c1-5-7-8-9-10-11-12-13-14-20-37-68-59(66)63(42-45-26-28-47(61)29-27-45)55-41-53(62-72-56-24-17-21-36-67-56)51-39-46(22-15-18-33-64)50(23-16-19-34-65)57-52-40-49(70-48-30-25-43(3)44(4)38-48)31-32-54(52)71-60(55,58(51)57)69-35-6-2/h6,25-32,38-40,46,50,55-58,64-65H,2,5,7-24,33-37,41-42H2,1,3-4H3/t46-,50+,55-,56?,57+,58+,60+/m0/s1. The first-order valence-corrected chi connectivity index (χ1v) is 27.5. The first-order chi connectivity index (χ1) is 35.2. The molecule has 2 heterocycles. The van der Waals surface area contributed by atoms with Gasteiger partial charge in [0.2, 0.25) is 12.1 Å². The first kappa shape index (κ1) is 55.0. The van der Waals surface area contributed by atoms with Crippen molar-refractivity contribution < 1.29 is 47.9 Å². The molecule has 4 aliphatic rings. The van der Waals surface area contributed by atoms with Gasteiger partial charge in [-0.3, -0.25) is 4.90 Å². The number of fused-ring (bicyclic) bond motifs is 2. The molecular formula is C60H83FN2O9. The lowest BCUT2D eigenvalue weighted by Crippen LogP contribution is -2.70. The predicted molar refractivity (Wildman–Crippen MR) is 281 cm³/mol. The van der Waals surface area contributed by atoms with E-state index in [1.165, 1.54) is 56.2 Å². The molecule has 1 unspecified atom stereocenters. The van der Waals surface area contributed by atoms with Crippen molar-refractivity contribution in [1.82, 2.24) is 4.90 Å². The molecule has 3 aromatic carbocycles. The number of benzene rings is 3. The van der Waals surface area contributed by atoms with Gasteiger partial charge < -0.3 is 38.7 Å². The highest BCUT2D eigenvalue weighted by atomic mass is 19.1. The number of aliphatic hydroxyl groups is 2. The van der Waals surface area contributed by atoms with Crippen molar-refractivity contribution in [3.05, 3.63) is 113 Å². The molecule has 394 valence electrons.